The van der Waals surface area contributed by atoms with E-state index in [2.05, 4.69) is 10.3 Å². The number of rotatable bonds is 8. The Morgan fingerprint density at radius 3 is 2.44 bits per heavy atom. The van der Waals surface area contributed by atoms with Gasteiger partial charge in [0.15, 0.2) is 23.9 Å². The van der Waals surface area contributed by atoms with Crippen LogP contribution in [-0.2, 0) is 11.2 Å². The first-order valence-electron chi connectivity index (χ1n) is 11.3. The average molecular weight is 496 g/mol. The summed E-state index contributed by atoms with van der Waals surface area (Å²) in [7, 11) is 1.50. The van der Waals surface area contributed by atoms with Crippen LogP contribution in [0.2, 0.25) is 0 Å². The quantitative estimate of drug-likeness (QED) is 0.327. The molecule has 36 heavy (non-hydrogen) atoms. The monoisotopic (exact) mass is 495 g/mol. The molecule has 0 saturated heterocycles. The SMILES string of the molecule is CCc1cc(OC)cc(OCC(N)=O)c1-c1nc2c(F)cc(F)c(N)n2c1Nc1c(C)cccc1C. The van der Waals surface area contributed by atoms with Crippen LogP contribution in [0.5, 0.6) is 11.5 Å². The van der Waals surface area contributed by atoms with Gasteiger partial charge in [0.1, 0.15) is 28.8 Å². The number of carbonyl (C=O) groups is 1. The van der Waals surface area contributed by atoms with E-state index in [0.29, 0.717) is 23.8 Å². The highest BCUT2D eigenvalue weighted by Gasteiger charge is 2.26. The number of fused-ring (bicyclic) bond motifs is 1. The molecule has 1 amide bonds. The van der Waals surface area contributed by atoms with Crippen molar-refractivity contribution in [2.45, 2.75) is 27.2 Å². The number of amides is 1. The molecule has 0 saturated carbocycles. The Kier molecular flexibility index (Phi) is 6.69. The number of carbonyl (C=O) groups excluding carboxylic acids is 1. The van der Waals surface area contributed by atoms with Crippen molar-refractivity contribution in [3.63, 3.8) is 0 Å². The predicted molar refractivity (Wildman–Crippen MR) is 135 cm³/mol. The fraction of sp³-hybridized carbons (Fsp3) is 0.231. The summed E-state index contributed by atoms with van der Waals surface area (Å²) in [6.07, 6.45) is 0.516. The third-order valence-corrected chi connectivity index (χ3v) is 5.94. The molecule has 0 fully saturated rings. The highest BCUT2D eigenvalue weighted by molar-refractivity contribution is 5.87. The minimum Gasteiger partial charge on any atom is -0.497 e. The van der Waals surface area contributed by atoms with Crippen molar-refractivity contribution in [3.8, 4) is 22.8 Å². The number of ether oxygens (including phenoxy) is 2. The van der Waals surface area contributed by atoms with E-state index in [-0.39, 0.29) is 28.7 Å². The first kappa shape index (κ1) is 24.8. The number of nitrogens with two attached hydrogens (primary N) is 2. The Morgan fingerprint density at radius 2 is 1.83 bits per heavy atom. The van der Waals surface area contributed by atoms with Crippen LogP contribution in [0.25, 0.3) is 16.9 Å². The maximum Gasteiger partial charge on any atom is 0.255 e. The number of primary amides is 1. The third-order valence-electron chi connectivity index (χ3n) is 5.94. The number of para-hydroxylation sites is 1. The summed E-state index contributed by atoms with van der Waals surface area (Å²) in [5.41, 5.74) is 15.2. The summed E-state index contributed by atoms with van der Waals surface area (Å²) in [6, 6.07) is 9.81. The minimum atomic E-state index is -0.927. The number of methoxy groups -OCH3 is 1. The van der Waals surface area contributed by atoms with E-state index in [9.17, 15) is 13.6 Å². The molecular weight excluding hydrogens is 468 g/mol. The van der Waals surface area contributed by atoms with Gasteiger partial charge in [-0.2, -0.15) is 0 Å². The summed E-state index contributed by atoms with van der Waals surface area (Å²) in [4.78, 5) is 16.0. The molecule has 0 radical (unpaired) electrons. The summed E-state index contributed by atoms with van der Waals surface area (Å²) in [5, 5.41) is 3.31. The Labute approximate surface area is 206 Å². The van der Waals surface area contributed by atoms with E-state index >= 15 is 0 Å². The number of nitrogens with one attached hydrogen (secondary N) is 1. The van der Waals surface area contributed by atoms with Gasteiger partial charge in [0.25, 0.3) is 5.91 Å². The number of halogens is 2. The zero-order chi connectivity index (χ0) is 26.1. The molecule has 5 N–H and O–H groups in total. The van der Waals surface area contributed by atoms with Gasteiger partial charge >= 0.3 is 0 Å². The first-order valence-corrected chi connectivity index (χ1v) is 11.3. The molecule has 0 aliphatic rings. The number of aryl methyl sites for hydroxylation is 3. The maximum absolute atomic E-state index is 15.0. The number of aromatic nitrogens is 2. The van der Waals surface area contributed by atoms with Crippen LogP contribution in [-0.4, -0.2) is 29.0 Å². The van der Waals surface area contributed by atoms with Gasteiger partial charge in [-0.15, -0.1) is 0 Å². The lowest BCUT2D eigenvalue weighted by Crippen LogP contribution is -2.20. The van der Waals surface area contributed by atoms with Crippen molar-refractivity contribution in [1.82, 2.24) is 9.38 Å². The molecule has 0 bridgehead atoms. The highest BCUT2D eigenvalue weighted by Crippen LogP contribution is 2.43. The van der Waals surface area contributed by atoms with Gasteiger partial charge in [0.05, 0.1) is 7.11 Å². The van der Waals surface area contributed by atoms with Crippen LogP contribution in [0.3, 0.4) is 0 Å². The second-order valence-electron chi connectivity index (χ2n) is 8.35. The molecule has 4 aromatic rings. The lowest BCUT2D eigenvalue weighted by Gasteiger charge is -2.18. The minimum absolute atomic E-state index is 0.170. The van der Waals surface area contributed by atoms with Gasteiger partial charge in [0.2, 0.25) is 0 Å². The van der Waals surface area contributed by atoms with E-state index in [0.717, 1.165) is 22.4 Å². The van der Waals surface area contributed by atoms with Gasteiger partial charge in [-0.1, -0.05) is 25.1 Å². The molecule has 8 nitrogen and oxygen atoms in total. The zero-order valence-electron chi connectivity index (χ0n) is 20.4. The van der Waals surface area contributed by atoms with Gasteiger partial charge in [-0.3, -0.25) is 9.20 Å². The van der Waals surface area contributed by atoms with Gasteiger partial charge < -0.3 is 26.3 Å². The molecule has 0 aliphatic heterocycles. The van der Waals surface area contributed by atoms with Crippen molar-refractivity contribution < 1.29 is 23.0 Å². The summed E-state index contributed by atoms with van der Waals surface area (Å²) in [6.45, 7) is 5.34. The van der Waals surface area contributed by atoms with Crippen molar-refractivity contribution in [2.24, 2.45) is 5.73 Å². The number of anilines is 3. The van der Waals surface area contributed by atoms with Crippen LogP contribution in [0, 0.1) is 25.5 Å². The van der Waals surface area contributed by atoms with Crippen LogP contribution in [0.4, 0.5) is 26.1 Å². The van der Waals surface area contributed by atoms with Crippen molar-refractivity contribution >= 4 is 28.9 Å². The normalized spacial score (nSPS) is 11.1. The molecule has 0 spiro atoms. The number of pyridine rings is 1. The smallest absolute Gasteiger partial charge is 0.255 e. The number of benzene rings is 2. The number of imidazole rings is 1. The van der Waals surface area contributed by atoms with Crippen LogP contribution >= 0.6 is 0 Å². The second kappa shape index (κ2) is 9.73. The summed E-state index contributed by atoms with van der Waals surface area (Å²) >= 11 is 0. The predicted octanol–water partition coefficient (Wildman–Crippen LogP) is 4.66. The Hall–Kier alpha value is -4.34. The van der Waals surface area contributed by atoms with Crippen molar-refractivity contribution in [3.05, 3.63) is 64.7 Å². The lowest BCUT2D eigenvalue weighted by molar-refractivity contribution is -0.119. The first-order chi connectivity index (χ1) is 17.2. The van der Waals surface area contributed by atoms with E-state index in [1.807, 2.05) is 39.0 Å². The van der Waals surface area contributed by atoms with Crippen molar-refractivity contribution in [1.29, 1.82) is 0 Å². The average Bonchev–Trinajstić information content (AvgIpc) is 3.22. The van der Waals surface area contributed by atoms with Crippen LogP contribution < -0.4 is 26.3 Å². The number of nitrogen functional groups attached to an aromatic ring is 1. The standard InChI is InChI=1S/C26H27F2N5O3/c1-5-15-9-16(35-4)10-19(36-12-20(29)34)21(15)23-26(31-22-13(2)7-6-8-14(22)3)33-24(30)17(27)11-18(28)25(33)32-23/h6-11,31H,5,12,30H2,1-4H3,(H2,29,34). The summed E-state index contributed by atoms with van der Waals surface area (Å²) < 4.78 is 41.9. The largest absolute Gasteiger partial charge is 0.497 e. The zero-order valence-corrected chi connectivity index (χ0v) is 20.4. The Morgan fingerprint density at radius 1 is 1.14 bits per heavy atom. The fourth-order valence-electron chi connectivity index (χ4n) is 4.16. The fourth-order valence-corrected chi connectivity index (χ4v) is 4.16. The molecular formula is C26H27F2N5O3. The molecule has 2 heterocycles. The van der Waals surface area contributed by atoms with Gasteiger partial charge in [-0.05, 0) is 43.0 Å². The molecule has 2 aromatic heterocycles. The summed E-state index contributed by atoms with van der Waals surface area (Å²) in [5.74, 6) is -1.83. The lowest BCUT2D eigenvalue weighted by atomic mass is 10.00. The maximum atomic E-state index is 15.0. The van der Waals surface area contributed by atoms with Gasteiger partial charge in [-0.25, -0.2) is 13.8 Å². The van der Waals surface area contributed by atoms with E-state index in [4.69, 9.17) is 20.9 Å². The van der Waals surface area contributed by atoms with Crippen molar-refractivity contribution in [2.75, 3.05) is 24.8 Å². The molecule has 10 heteroatoms. The number of hydrogen-bond acceptors (Lipinski definition) is 6. The Balaban J connectivity index is 2.09. The van der Waals surface area contributed by atoms with Crippen LogP contribution in [0.15, 0.2) is 36.4 Å². The molecule has 0 aliphatic carbocycles. The molecule has 188 valence electrons. The number of nitrogens with zero attached hydrogens (tertiary/aromatic N) is 2. The van der Waals surface area contributed by atoms with E-state index < -0.39 is 24.1 Å². The topological polar surface area (TPSA) is 117 Å². The van der Waals surface area contributed by atoms with Gasteiger partial charge in [0, 0.05) is 23.4 Å². The third kappa shape index (κ3) is 4.37. The number of hydrogen-bond donors (Lipinski definition) is 3. The second-order valence-corrected chi connectivity index (χ2v) is 8.35. The molecule has 4 rings (SSSR count). The van der Waals surface area contributed by atoms with Crippen LogP contribution in [0.1, 0.15) is 23.6 Å². The highest BCUT2D eigenvalue weighted by atomic mass is 19.1. The molecule has 2 aromatic carbocycles. The molecule has 0 atom stereocenters. The molecule has 0 unspecified atom stereocenters. The van der Waals surface area contributed by atoms with E-state index in [1.165, 1.54) is 11.5 Å². The van der Waals surface area contributed by atoms with E-state index in [1.54, 1.807) is 12.1 Å². The Bertz CT molecular complexity index is 1460.